The molecule has 2 amide bonds. The van der Waals surface area contributed by atoms with E-state index in [1.54, 1.807) is 45.9 Å². The Morgan fingerprint density at radius 2 is 2.08 bits per heavy atom. The molecular weight excluding hydrogens is 322 g/mol. The lowest BCUT2D eigenvalue weighted by Crippen LogP contribution is -2.46. The zero-order valence-corrected chi connectivity index (χ0v) is 15.6. The Morgan fingerprint density at radius 3 is 2.72 bits per heavy atom. The van der Waals surface area contributed by atoms with Crippen molar-refractivity contribution in [2.45, 2.75) is 59.1 Å². The number of benzene rings is 1. The Kier molecular flexibility index (Phi) is 5.93. The molecule has 2 rings (SSSR count). The minimum absolute atomic E-state index is 0.205. The van der Waals surface area contributed by atoms with Gasteiger partial charge in [0.2, 0.25) is 0 Å². The quantitative estimate of drug-likeness (QED) is 0.768. The number of nitrogens with zero attached hydrogens (tertiary/aromatic N) is 1. The molecule has 0 aromatic heterocycles. The van der Waals surface area contributed by atoms with E-state index < -0.39 is 23.6 Å². The minimum Gasteiger partial charge on any atom is -0.493 e. The van der Waals surface area contributed by atoms with Gasteiger partial charge in [0, 0.05) is 0 Å². The summed E-state index contributed by atoms with van der Waals surface area (Å²) in [5.74, 6) is 0.400. The third kappa shape index (κ3) is 4.65. The van der Waals surface area contributed by atoms with Crippen molar-refractivity contribution in [2.75, 3.05) is 13.2 Å². The topological polar surface area (TPSA) is 65.1 Å². The summed E-state index contributed by atoms with van der Waals surface area (Å²) in [6.45, 7) is 9.82. The molecule has 25 heavy (non-hydrogen) atoms. The lowest BCUT2D eigenvalue weighted by Gasteiger charge is -2.28. The summed E-state index contributed by atoms with van der Waals surface area (Å²) in [5, 5.41) is 0. The molecule has 0 aliphatic carbocycles. The first-order valence-corrected chi connectivity index (χ1v) is 8.69. The number of hydrogen-bond acceptors (Lipinski definition) is 5. The Hall–Kier alpha value is -2.24. The van der Waals surface area contributed by atoms with E-state index in [9.17, 15) is 9.59 Å². The molecule has 1 aliphatic rings. The second kappa shape index (κ2) is 7.76. The van der Waals surface area contributed by atoms with Gasteiger partial charge in [-0.15, -0.1) is 0 Å². The summed E-state index contributed by atoms with van der Waals surface area (Å²) < 4.78 is 16.9. The van der Waals surface area contributed by atoms with Crippen LogP contribution in [0.1, 0.15) is 57.8 Å². The molecule has 1 heterocycles. The van der Waals surface area contributed by atoms with Gasteiger partial charge in [-0.3, -0.25) is 4.79 Å². The summed E-state index contributed by atoms with van der Waals surface area (Å²) in [4.78, 5) is 26.8. The number of hydrogen-bond donors (Lipinski definition) is 0. The van der Waals surface area contributed by atoms with Crippen LogP contribution in [0.4, 0.5) is 4.79 Å². The number of rotatable bonds is 4. The van der Waals surface area contributed by atoms with E-state index in [1.165, 1.54) is 0 Å². The highest BCUT2D eigenvalue weighted by atomic mass is 16.6. The Balaban J connectivity index is 2.35. The first kappa shape index (κ1) is 19.1. The van der Waals surface area contributed by atoms with Crippen molar-refractivity contribution in [3.63, 3.8) is 0 Å². The van der Waals surface area contributed by atoms with Crippen LogP contribution in [-0.2, 0) is 4.74 Å². The number of unbranched alkanes of at least 4 members (excludes halogenated alkanes) is 1. The summed E-state index contributed by atoms with van der Waals surface area (Å²) in [7, 11) is 0. The van der Waals surface area contributed by atoms with Crippen molar-refractivity contribution < 1.29 is 23.8 Å². The van der Waals surface area contributed by atoms with Gasteiger partial charge in [-0.05, 0) is 46.2 Å². The van der Waals surface area contributed by atoms with Gasteiger partial charge >= 0.3 is 6.09 Å². The smallest absolute Gasteiger partial charge is 0.417 e. The van der Waals surface area contributed by atoms with Gasteiger partial charge in [-0.1, -0.05) is 19.4 Å². The van der Waals surface area contributed by atoms with Crippen LogP contribution in [0.25, 0.3) is 0 Å². The van der Waals surface area contributed by atoms with Crippen LogP contribution in [0.2, 0.25) is 0 Å². The van der Waals surface area contributed by atoms with E-state index in [-0.39, 0.29) is 12.2 Å². The number of amides is 2. The molecule has 0 saturated heterocycles. The molecule has 0 bridgehead atoms. The van der Waals surface area contributed by atoms with E-state index >= 15 is 0 Å². The highest BCUT2D eigenvalue weighted by molar-refractivity contribution is 6.07. The van der Waals surface area contributed by atoms with Crippen molar-refractivity contribution in [3.05, 3.63) is 23.8 Å². The lowest BCUT2D eigenvalue weighted by atomic mass is 10.1. The van der Waals surface area contributed by atoms with Crippen LogP contribution in [-0.4, -0.2) is 41.8 Å². The normalized spacial score (nSPS) is 17.4. The number of imide groups is 1. The Labute approximate surface area is 149 Å². The summed E-state index contributed by atoms with van der Waals surface area (Å²) >= 11 is 0. The highest BCUT2D eigenvalue weighted by Gasteiger charge is 2.37. The molecule has 1 aromatic rings. The van der Waals surface area contributed by atoms with E-state index in [0.717, 1.165) is 17.7 Å². The molecule has 0 N–H and O–H groups in total. The summed E-state index contributed by atoms with van der Waals surface area (Å²) in [6.07, 6.45) is 1.19. The SMILES string of the molecule is CCCCOc1cccc2c1C(=O)N(C(=O)OC(C)(C)C)[C@@H](C)CO2. The maximum atomic E-state index is 13.1. The second-order valence-electron chi connectivity index (χ2n) is 7.15. The zero-order valence-electron chi connectivity index (χ0n) is 15.6. The fraction of sp³-hybridized carbons (Fsp3) is 0.579. The molecule has 0 spiro atoms. The fourth-order valence-corrected chi connectivity index (χ4v) is 2.47. The third-order valence-electron chi connectivity index (χ3n) is 3.69. The van der Waals surface area contributed by atoms with Crippen molar-refractivity contribution in [3.8, 4) is 11.5 Å². The molecule has 0 unspecified atom stereocenters. The molecule has 1 aromatic carbocycles. The van der Waals surface area contributed by atoms with Crippen LogP contribution in [0.15, 0.2) is 18.2 Å². The van der Waals surface area contributed by atoms with Crippen molar-refractivity contribution in [1.29, 1.82) is 0 Å². The predicted molar refractivity (Wildman–Crippen MR) is 94.2 cm³/mol. The Morgan fingerprint density at radius 1 is 1.36 bits per heavy atom. The lowest BCUT2D eigenvalue weighted by molar-refractivity contribution is 0.0158. The zero-order chi connectivity index (χ0) is 18.6. The highest BCUT2D eigenvalue weighted by Crippen LogP contribution is 2.33. The molecule has 0 fully saturated rings. The van der Waals surface area contributed by atoms with Crippen LogP contribution in [0.5, 0.6) is 11.5 Å². The van der Waals surface area contributed by atoms with Gasteiger partial charge in [-0.25, -0.2) is 9.69 Å². The number of carbonyl (C=O) groups excluding carboxylic acids is 2. The van der Waals surface area contributed by atoms with Gasteiger partial charge < -0.3 is 14.2 Å². The summed E-state index contributed by atoms with van der Waals surface area (Å²) in [5.41, 5.74) is -0.418. The van der Waals surface area contributed by atoms with Crippen LogP contribution in [0.3, 0.4) is 0 Å². The molecular formula is C19H27NO5. The van der Waals surface area contributed by atoms with E-state index in [4.69, 9.17) is 14.2 Å². The van der Waals surface area contributed by atoms with Gasteiger partial charge in [0.05, 0.1) is 12.6 Å². The number of ether oxygens (including phenoxy) is 3. The summed E-state index contributed by atoms with van der Waals surface area (Å²) in [6, 6.07) is 4.77. The van der Waals surface area contributed by atoms with Crippen LogP contribution < -0.4 is 9.47 Å². The molecule has 6 nitrogen and oxygen atoms in total. The molecule has 0 saturated carbocycles. The average Bonchev–Trinajstić information content (AvgIpc) is 2.63. The average molecular weight is 349 g/mol. The van der Waals surface area contributed by atoms with Crippen LogP contribution in [0, 0.1) is 0 Å². The van der Waals surface area contributed by atoms with E-state index in [1.807, 2.05) is 0 Å². The van der Waals surface area contributed by atoms with Gasteiger partial charge in [0.25, 0.3) is 5.91 Å². The van der Waals surface area contributed by atoms with Crippen LogP contribution >= 0.6 is 0 Å². The molecule has 1 aliphatic heterocycles. The van der Waals surface area contributed by atoms with Gasteiger partial charge in [0.1, 0.15) is 29.3 Å². The second-order valence-corrected chi connectivity index (χ2v) is 7.15. The molecule has 138 valence electrons. The van der Waals surface area contributed by atoms with Gasteiger partial charge in [0.15, 0.2) is 0 Å². The van der Waals surface area contributed by atoms with Crippen molar-refractivity contribution >= 4 is 12.0 Å². The maximum absolute atomic E-state index is 13.1. The predicted octanol–water partition coefficient (Wildman–Crippen LogP) is 4.02. The monoisotopic (exact) mass is 349 g/mol. The third-order valence-corrected chi connectivity index (χ3v) is 3.69. The first-order valence-electron chi connectivity index (χ1n) is 8.69. The minimum atomic E-state index is -0.690. The van der Waals surface area contributed by atoms with Crippen molar-refractivity contribution in [1.82, 2.24) is 4.90 Å². The number of fused-ring (bicyclic) bond motifs is 1. The first-order chi connectivity index (χ1) is 11.7. The largest absolute Gasteiger partial charge is 0.493 e. The molecule has 6 heteroatoms. The van der Waals surface area contributed by atoms with E-state index in [0.29, 0.717) is 18.1 Å². The van der Waals surface area contributed by atoms with E-state index in [2.05, 4.69) is 6.92 Å². The standard InChI is InChI=1S/C19H27NO5/c1-6-7-11-23-14-9-8-10-15-16(14)17(21)20(13(2)12-24-15)18(22)25-19(3,4)5/h8-10,13H,6-7,11-12H2,1-5H3/t13-/m0/s1. The maximum Gasteiger partial charge on any atom is 0.417 e. The van der Waals surface area contributed by atoms with Crippen molar-refractivity contribution in [2.24, 2.45) is 0 Å². The number of carbonyl (C=O) groups is 2. The molecule has 1 atom stereocenters. The Bertz CT molecular complexity index is 635. The fourth-order valence-electron chi connectivity index (χ4n) is 2.47. The molecule has 0 radical (unpaired) electrons. The van der Waals surface area contributed by atoms with Gasteiger partial charge in [-0.2, -0.15) is 0 Å².